The number of amides is 1. The van der Waals surface area contributed by atoms with Crippen LogP contribution in [0, 0.1) is 0 Å². The maximum Gasteiger partial charge on any atom is 0.416 e. The molecule has 150 valence electrons. The van der Waals surface area contributed by atoms with Crippen molar-refractivity contribution in [1.29, 1.82) is 0 Å². The van der Waals surface area contributed by atoms with E-state index in [1.165, 1.54) is 6.07 Å². The molecule has 3 nitrogen and oxygen atoms in total. The highest BCUT2D eigenvalue weighted by Crippen LogP contribution is 2.35. The van der Waals surface area contributed by atoms with Gasteiger partial charge in [-0.3, -0.25) is 0 Å². The van der Waals surface area contributed by atoms with Crippen molar-refractivity contribution < 1.29 is 22.7 Å². The largest absolute Gasteiger partial charge is 0.445 e. The zero-order valence-electron chi connectivity index (χ0n) is 15.1. The first-order valence-corrected chi connectivity index (χ1v) is 9.55. The predicted molar refractivity (Wildman–Crippen MR) is 106 cm³/mol. The SMILES string of the molecule is C=CCCC[C@H](NC(=O)OCc1ccccc1)c1cc(C(F)(F)F)ccc1Br. The molecule has 0 fully saturated rings. The summed E-state index contributed by atoms with van der Waals surface area (Å²) >= 11 is 3.29. The van der Waals surface area contributed by atoms with E-state index in [0.717, 1.165) is 17.7 Å². The number of carbonyl (C=O) groups excluding carboxylic acids is 1. The Morgan fingerprint density at radius 1 is 1.21 bits per heavy atom. The summed E-state index contributed by atoms with van der Waals surface area (Å²) in [7, 11) is 0. The monoisotopic (exact) mass is 455 g/mol. The molecule has 0 saturated carbocycles. The Balaban J connectivity index is 2.15. The van der Waals surface area contributed by atoms with Crippen molar-refractivity contribution in [2.75, 3.05) is 0 Å². The number of benzene rings is 2. The second-order valence-electron chi connectivity index (χ2n) is 6.21. The van der Waals surface area contributed by atoms with Crippen LogP contribution in [0.25, 0.3) is 0 Å². The Bertz CT molecular complexity index is 794. The van der Waals surface area contributed by atoms with Crippen LogP contribution in [-0.4, -0.2) is 6.09 Å². The zero-order chi connectivity index (χ0) is 20.6. The first kappa shape index (κ1) is 22.0. The maximum atomic E-state index is 13.1. The van der Waals surface area contributed by atoms with Crippen molar-refractivity contribution in [3.05, 3.63) is 82.3 Å². The molecule has 1 amide bonds. The number of carbonyl (C=O) groups is 1. The average molecular weight is 456 g/mol. The van der Waals surface area contributed by atoms with Crippen LogP contribution in [0.3, 0.4) is 0 Å². The van der Waals surface area contributed by atoms with E-state index >= 15 is 0 Å². The van der Waals surface area contributed by atoms with E-state index in [-0.39, 0.29) is 6.61 Å². The molecule has 0 aliphatic rings. The van der Waals surface area contributed by atoms with Crippen molar-refractivity contribution in [3.8, 4) is 0 Å². The van der Waals surface area contributed by atoms with E-state index in [9.17, 15) is 18.0 Å². The van der Waals surface area contributed by atoms with Gasteiger partial charge in [-0.15, -0.1) is 6.58 Å². The Hall–Kier alpha value is -2.28. The summed E-state index contributed by atoms with van der Waals surface area (Å²) in [6, 6.07) is 11.9. The lowest BCUT2D eigenvalue weighted by Gasteiger charge is -2.21. The van der Waals surface area contributed by atoms with Gasteiger partial charge in [-0.2, -0.15) is 13.2 Å². The van der Waals surface area contributed by atoms with Gasteiger partial charge in [-0.1, -0.05) is 52.3 Å². The highest BCUT2D eigenvalue weighted by atomic mass is 79.9. The number of hydrogen-bond acceptors (Lipinski definition) is 2. The molecule has 0 heterocycles. The molecule has 0 aliphatic carbocycles. The number of halogens is 4. The van der Waals surface area contributed by atoms with Crippen LogP contribution in [0.2, 0.25) is 0 Å². The lowest BCUT2D eigenvalue weighted by atomic mass is 9.99. The summed E-state index contributed by atoms with van der Waals surface area (Å²) in [6.07, 6.45) is -1.62. The molecule has 0 aromatic heterocycles. The molecule has 1 N–H and O–H groups in total. The van der Waals surface area contributed by atoms with E-state index < -0.39 is 23.9 Å². The molecule has 1 atom stereocenters. The maximum absolute atomic E-state index is 13.1. The van der Waals surface area contributed by atoms with Gasteiger partial charge in [-0.05, 0) is 48.6 Å². The Morgan fingerprint density at radius 3 is 2.57 bits per heavy atom. The van der Waals surface area contributed by atoms with Crippen molar-refractivity contribution in [2.45, 2.75) is 38.1 Å². The highest BCUT2D eigenvalue weighted by molar-refractivity contribution is 9.10. The zero-order valence-corrected chi connectivity index (χ0v) is 16.7. The van der Waals surface area contributed by atoms with Gasteiger partial charge in [0.05, 0.1) is 11.6 Å². The van der Waals surface area contributed by atoms with Gasteiger partial charge < -0.3 is 10.1 Å². The second kappa shape index (κ2) is 10.3. The fourth-order valence-corrected chi connectivity index (χ4v) is 3.19. The topological polar surface area (TPSA) is 38.3 Å². The smallest absolute Gasteiger partial charge is 0.416 e. The van der Waals surface area contributed by atoms with E-state index in [0.29, 0.717) is 29.3 Å². The predicted octanol–water partition coefficient (Wildman–Crippen LogP) is 6.79. The third kappa shape index (κ3) is 6.71. The van der Waals surface area contributed by atoms with Crippen molar-refractivity contribution >= 4 is 22.0 Å². The fraction of sp³-hybridized carbons (Fsp3) is 0.286. The molecule has 2 aromatic rings. The minimum Gasteiger partial charge on any atom is -0.445 e. The van der Waals surface area contributed by atoms with E-state index in [1.54, 1.807) is 6.08 Å². The molecule has 0 unspecified atom stereocenters. The van der Waals surface area contributed by atoms with Crippen LogP contribution in [0.5, 0.6) is 0 Å². The first-order valence-electron chi connectivity index (χ1n) is 8.76. The normalized spacial score (nSPS) is 12.3. The molecule has 0 aliphatic heterocycles. The summed E-state index contributed by atoms with van der Waals surface area (Å²) in [4.78, 5) is 12.2. The molecule has 2 rings (SSSR count). The number of rotatable bonds is 8. The summed E-state index contributed by atoms with van der Waals surface area (Å²) < 4.78 is 45.0. The number of nitrogens with one attached hydrogen (secondary N) is 1. The summed E-state index contributed by atoms with van der Waals surface area (Å²) in [6.45, 7) is 3.73. The average Bonchev–Trinajstić information content (AvgIpc) is 2.66. The Labute approximate surface area is 170 Å². The highest BCUT2D eigenvalue weighted by Gasteiger charge is 2.32. The van der Waals surface area contributed by atoms with Crippen LogP contribution in [-0.2, 0) is 17.5 Å². The lowest BCUT2D eigenvalue weighted by molar-refractivity contribution is -0.137. The summed E-state index contributed by atoms with van der Waals surface area (Å²) in [5.74, 6) is 0. The van der Waals surface area contributed by atoms with Crippen LogP contribution in [0.1, 0.15) is 42.0 Å². The van der Waals surface area contributed by atoms with E-state index in [1.807, 2.05) is 30.3 Å². The van der Waals surface area contributed by atoms with Gasteiger partial charge >= 0.3 is 12.3 Å². The fourth-order valence-electron chi connectivity index (χ4n) is 2.67. The first-order chi connectivity index (χ1) is 13.3. The summed E-state index contributed by atoms with van der Waals surface area (Å²) in [5.41, 5.74) is 0.413. The van der Waals surface area contributed by atoms with Crippen molar-refractivity contribution in [1.82, 2.24) is 5.32 Å². The molecule has 7 heteroatoms. The molecule has 2 aromatic carbocycles. The molecule has 0 spiro atoms. The number of hydrogen-bond donors (Lipinski definition) is 1. The molecule has 0 bridgehead atoms. The van der Waals surface area contributed by atoms with Gasteiger partial charge in [0.1, 0.15) is 6.61 Å². The van der Waals surface area contributed by atoms with Crippen LogP contribution in [0.15, 0.2) is 65.7 Å². The molecule has 0 radical (unpaired) electrons. The Morgan fingerprint density at radius 2 is 1.93 bits per heavy atom. The lowest BCUT2D eigenvalue weighted by Crippen LogP contribution is -2.29. The van der Waals surface area contributed by atoms with Gasteiger partial charge in [0.25, 0.3) is 0 Å². The quantitative estimate of drug-likeness (QED) is 0.351. The Kier molecular flexibility index (Phi) is 8.11. The van der Waals surface area contributed by atoms with Crippen LogP contribution < -0.4 is 5.32 Å². The molecular formula is C21H21BrF3NO2. The standard InChI is InChI=1S/C21H21BrF3NO2/c1-2-3-5-10-19(17-13-16(21(23,24)25)11-12-18(17)22)26-20(27)28-14-15-8-6-4-7-9-15/h2,4,6-9,11-13,19H,1,3,5,10,14H2,(H,26,27)/t19-/m0/s1. The van der Waals surface area contributed by atoms with Crippen molar-refractivity contribution in [2.24, 2.45) is 0 Å². The third-order valence-electron chi connectivity index (χ3n) is 4.10. The number of alkyl carbamates (subject to hydrolysis) is 1. The number of alkyl halides is 3. The van der Waals surface area contributed by atoms with E-state index in [2.05, 4.69) is 27.8 Å². The second-order valence-corrected chi connectivity index (χ2v) is 7.07. The molecule has 0 saturated heterocycles. The van der Waals surface area contributed by atoms with E-state index in [4.69, 9.17) is 4.74 Å². The van der Waals surface area contributed by atoms with Gasteiger partial charge in [-0.25, -0.2) is 4.79 Å². The van der Waals surface area contributed by atoms with Gasteiger partial charge in [0.15, 0.2) is 0 Å². The van der Waals surface area contributed by atoms with Crippen molar-refractivity contribution in [3.63, 3.8) is 0 Å². The third-order valence-corrected chi connectivity index (χ3v) is 4.83. The molecular weight excluding hydrogens is 435 g/mol. The van der Waals surface area contributed by atoms with Crippen LogP contribution in [0.4, 0.5) is 18.0 Å². The van der Waals surface area contributed by atoms with Gasteiger partial charge in [0, 0.05) is 4.47 Å². The number of ether oxygens (including phenoxy) is 1. The van der Waals surface area contributed by atoms with Gasteiger partial charge in [0.2, 0.25) is 0 Å². The van der Waals surface area contributed by atoms with Crippen LogP contribution >= 0.6 is 15.9 Å². The number of allylic oxidation sites excluding steroid dienone is 1. The minimum absolute atomic E-state index is 0.0792. The minimum atomic E-state index is -4.46. The molecule has 28 heavy (non-hydrogen) atoms. The summed E-state index contributed by atoms with van der Waals surface area (Å²) in [5, 5.41) is 2.69. The number of unbranched alkanes of at least 4 members (excludes halogenated alkanes) is 1.